The van der Waals surface area contributed by atoms with E-state index in [1.807, 2.05) is 22.6 Å². The lowest BCUT2D eigenvalue weighted by atomic mass is 10.1. The quantitative estimate of drug-likeness (QED) is 0.669. The summed E-state index contributed by atoms with van der Waals surface area (Å²) in [5.74, 6) is -1.08. The first-order valence-corrected chi connectivity index (χ1v) is 5.21. The zero-order chi connectivity index (χ0) is 12.1. The number of nitriles is 2. The van der Waals surface area contributed by atoms with Gasteiger partial charge in [0, 0.05) is 3.57 Å². The van der Waals surface area contributed by atoms with E-state index in [1.165, 1.54) is 12.1 Å². The summed E-state index contributed by atoms with van der Waals surface area (Å²) in [6.07, 6.45) is 1.26. The van der Waals surface area contributed by atoms with Gasteiger partial charge < -0.3 is 5.11 Å². The summed E-state index contributed by atoms with van der Waals surface area (Å²) in [6.45, 7) is 0. The topological polar surface area (TPSA) is 84.9 Å². The van der Waals surface area contributed by atoms with Crippen molar-refractivity contribution < 1.29 is 9.90 Å². The van der Waals surface area contributed by atoms with E-state index in [-0.39, 0.29) is 11.1 Å². The highest BCUT2D eigenvalue weighted by atomic mass is 127. The van der Waals surface area contributed by atoms with Gasteiger partial charge in [0.05, 0.1) is 5.56 Å². The van der Waals surface area contributed by atoms with E-state index in [0.717, 1.165) is 3.57 Å². The monoisotopic (exact) mass is 324 g/mol. The largest absolute Gasteiger partial charge is 0.478 e. The van der Waals surface area contributed by atoms with Crippen molar-refractivity contribution >= 4 is 34.6 Å². The molecule has 0 unspecified atom stereocenters. The number of carbonyl (C=O) groups is 1. The van der Waals surface area contributed by atoms with Crippen molar-refractivity contribution in [2.75, 3.05) is 0 Å². The van der Waals surface area contributed by atoms with Gasteiger partial charge in [-0.1, -0.05) is 6.07 Å². The average molecular weight is 324 g/mol. The molecule has 0 saturated heterocycles. The third-order valence-corrected chi connectivity index (χ3v) is 2.46. The molecular formula is C11H5IN2O2. The Morgan fingerprint density at radius 1 is 1.38 bits per heavy atom. The molecule has 0 aliphatic heterocycles. The Bertz CT molecular complexity index is 534. The zero-order valence-electron chi connectivity index (χ0n) is 7.94. The first kappa shape index (κ1) is 12.2. The fourth-order valence-electron chi connectivity index (χ4n) is 1.08. The Morgan fingerprint density at radius 2 is 2.00 bits per heavy atom. The van der Waals surface area contributed by atoms with E-state index >= 15 is 0 Å². The van der Waals surface area contributed by atoms with Crippen molar-refractivity contribution in [1.29, 1.82) is 10.5 Å². The molecule has 1 rings (SSSR count). The molecule has 0 amide bonds. The number of halogens is 1. The minimum absolute atomic E-state index is 0.0786. The molecular weight excluding hydrogens is 319 g/mol. The van der Waals surface area contributed by atoms with Crippen molar-refractivity contribution in [2.24, 2.45) is 0 Å². The van der Waals surface area contributed by atoms with Gasteiger partial charge in [0.15, 0.2) is 0 Å². The van der Waals surface area contributed by atoms with Crippen molar-refractivity contribution in [2.45, 2.75) is 0 Å². The number of nitrogens with zero attached hydrogens (tertiary/aromatic N) is 2. The van der Waals surface area contributed by atoms with E-state index in [4.69, 9.17) is 15.6 Å². The molecule has 0 aliphatic carbocycles. The van der Waals surface area contributed by atoms with Crippen LogP contribution in [0.3, 0.4) is 0 Å². The van der Waals surface area contributed by atoms with Crippen LogP contribution in [0.25, 0.3) is 6.08 Å². The lowest BCUT2D eigenvalue weighted by Gasteiger charge is -2.01. The number of carboxylic acids is 1. The highest BCUT2D eigenvalue weighted by molar-refractivity contribution is 14.1. The number of hydrogen-bond donors (Lipinski definition) is 1. The average Bonchev–Trinajstić information content (AvgIpc) is 2.27. The normalized spacial score (nSPS) is 8.69. The van der Waals surface area contributed by atoms with Crippen LogP contribution in [0.1, 0.15) is 15.9 Å². The molecule has 0 heterocycles. The molecule has 0 aliphatic rings. The van der Waals surface area contributed by atoms with Gasteiger partial charge in [0.25, 0.3) is 0 Å². The lowest BCUT2D eigenvalue weighted by molar-refractivity contribution is 0.0696. The van der Waals surface area contributed by atoms with Gasteiger partial charge in [-0.05, 0) is 46.4 Å². The molecule has 0 aromatic heterocycles. The van der Waals surface area contributed by atoms with Crippen molar-refractivity contribution in [1.82, 2.24) is 0 Å². The van der Waals surface area contributed by atoms with Gasteiger partial charge in [-0.3, -0.25) is 0 Å². The molecule has 1 aromatic carbocycles. The molecule has 1 N–H and O–H groups in total. The van der Waals surface area contributed by atoms with Gasteiger partial charge in [0.2, 0.25) is 0 Å². The standard InChI is InChI=1S/C11H5IN2O2/c12-9-2-1-8(3-7(5-13)6-14)10(4-9)11(15)16/h1-4H,(H,15,16). The van der Waals surface area contributed by atoms with Crippen molar-refractivity contribution in [3.05, 3.63) is 38.5 Å². The second-order valence-corrected chi connectivity index (χ2v) is 4.06. The Balaban J connectivity index is 3.37. The SMILES string of the molecule is N#CC(C#N)=Cc1ccc(I)cc1C(=O)O. The fraction of sp³-hybridized carbons (Fsp3) is 0. The predicted octanol–water partition coefficient (Wildman–Crippen LogP) is 2.42. The first-order chi connectivity index (χ1) is 7.58. The molecule has 1 aromatic rings. The van der Waals surface area contributed by atoms with Crippen molar-refractivity contribution in [3.8, 4) is 12.1 Å². The van der Waals surface area contributed by atoms with Crippen LogP contribution in [-0.4, -0.2) is 11.1 Å². The summed E-state index contributed by atoms with van der Waals surface area (Å²) in [5, 5.41) is 26.1. The molecule has 5 heteroatoms. The van der Waals surface area contributed by atoms with E-state index in [1.54, 1.807) is 24.3 Å². The maximum absolute atomic E-state index is 10.9. The second-order valence-electron chi connectivity index (χ2n) is 2.82. The molecule has 16 heavy (non-hydrogen) atoms. The minimum atomic E-state index is -1.08. The van der Waals surface area contributed by atoms with Gasteiger partial charge in [0.1, 0.15) is 17.7 Å². The molecule has 0 spiro atoms. The summed E-state index contributed by atoms with van der Waals surface area (Å²) in [7, 11) is 0. The van der Waals surface area contributed by atoms with E-state index in [2.05, 4.69) is 0 Å². The van der Waals surface area contributed by atoms with Crippen LogP contribution in [0, 0.1) is 26.2 Å². The van der Waals surface area contributed by atoms with E-state index in [0.29, 0.717) is 5.56 Å². The van der Waals surface area contributed by atoms with Gasteiger partial charge >= 0.3 is 5.97 Å². The number of hydrogen-bond acceptors (Lipinski definition) is 3. The van der Waals surface area contributed by atoms with Gasteiger partial charge in [-0.25, -0.2) is 4.79 Å². The molecule has 4 nitrogen and oxygen atoms in total. The third-order valence-electron chi connectivity index (χ3n) is 1.79. The van der Waals surface area contributed by atoms with Crippen LogP contribution < -0.4 is 0 Å². The van der Waals surface area contributed by atoms with Gasteiger partial charge in [-0.15, -0.1) is 0 Å². The molecule has 0 atom stereocenters. The summed E-state index contributed by atoms with van der Waals surface area (Å²) < 4.78 is 0.780. The molecule has 0 bridgehead atoms. The lowest BCUT2D eigenvalue weighted by Crippen LogP contribution is -2.00. The Kier molecular flexibility index (Phi) is 4.03. The number of allylic oxidation sites excluding steroid dienone is 1. The third kappa shape index (κ3) is 2.81. The van der Waals surface area contributed by atoms with Crippen LogP contribution in [0.2, 0.25) is 0 Å². The molecule has 0 radical (unpaired) electrons. The summed E-state index contributed by atoms with van der Waals surface area (Å²) in [4.78, 5) is 10.9. The maximum atomic E-state index is 10.9. The van der Waals surface area contributed by atoms with E-state index < -0.39 is 5.97 Å². The van der Waals surface area contributed by atoms with Crippen LogP contribution in [0.4, 0.5) is 0 Å². The van der Waals surface area contributed by atoms with Crippen LogP contribution >= 0.6 is 22.6 Å². The predicted molar refractivity (Wildman–Crippen MR) is 65.3 cm³/mol. The van der Waals surface area contributed by atoms with E-state index in [9.17, 15) is 4.79 Å². The number of aromatic carboxylic acids is 1. The molecule has 0 saturated carbocycles. The fourth-order valence-corrected chi connectivity index (χ4v) is 1.58. The highest BCUT2D eigenvalue weighted by Gasteiger charge is 2.09. The summed E-state index contributed by atoms with van der Waals surface area (Å²) >= 11 is 1.99. The van der Waals surface area contributed by atoms with Crippen LogP contribution in [-0.2, 0) is 0 Å². The van der Waals surface area contributed by atoms with Crippen LogP contribution in [0.15, 0.2) is 23.8 Å². The maximum Gasteiger partial charge on any atom is 0.336 e. The Morgan fingerprint density at radius 3 is 2.50 bits per heavy atom. The molecule has 0 fully saturated rings. The number of rotatable bonds is 2. The summed E-state index contributed by atoms with van der Waals surface area (Å²) in [5.41, 5.74) is 0.310. The highest BCUT2D eigenvalue weighted by Crippen LogP contribution is 2.16. The number of benzene rings is 1. The smallest absolute Gasteiger partial charge is 0.336 e. The second kappa shape index (κ2) is 5.29. The molecule has 78 valence electrons. The number of carboxylic acid groups (broad SMARTS) is 1. The van der Waals surface area contributed by atoms with Crippen LogP contribution in [0.5, 0.6) is 0 Å². The first-order valence-electron chi connectivity index (χ1n) is 4.13. The Labute approximate surface area is 106 Å². The minimum Gasteiger partial charge on any atom is -0.478 e. The zero-order valence-corrected chi connectivity index (χ0v) is 10.1. The van der Waals surface area contributed by atoms with Crippen molar-refractivity contribution in [3.63, 3.8) is 0 Å². The Hall–Kier alpha value is -1.86. The van der Waals surface area contributed by atoms with Gasteiger partial charge in [-0.2, -0.15) is 10.5 Å². The summed E-state index contributed by atoms with van der Waals surface area (Å²) in [6, 6.07) is 8.14.